The third-order valence-electron chi connectivity index (χ3n) is 2.95. The second kappa shape index (κ2) is 7.98. The zero-order chi connectivity index (χ0) is 18.5. The predicted octanol–water partition coefficient (Wildman–Crippen LogP) is 2.26. The summed E-state index contributed by atoms with van der Waals surface area (Å²) in [6, 6.07) is -1.08. The van der Waals surface area contributed by atoms with Crippen molar-refractivity contribution in [2.24, 2.45) is 5.92 Å². The summed E-state index contributed by atoms with van der Waals surface area (Å²) in [5.41, 5.74) is -0.601. The molecule has 1 aromatic rings. The molecule has 0 saturated heterocycles. The number of hydrogen-bond donors (Lipinski definition) is 2. The molecule has 0 spiro atoms. The second-order valence-electron chi connectivity index (χ2n) is 6.70. The second-order valence-corrected chi connectivity index (χ2v) is 6.70. The van der Waals surface area contributed by atoms with Crippen molar-refractivity contribution in [3.05, 3.63) is 5.89 Å². The minimum atomic E-state index is -0.613. The van der Waals surface area contributed by atoms with Crippen LogP contribution >= 0.6 is 0 Å². The minimum absolute atomic E-state index is 0.0369. The molecule has 0 fully saturated rings. The van der Waals surface area contributed by atoms with Crippen LogP contribution in [0.2, 0.25) is 0 Å². The largest absolute Gasteiger partial charge is 0.467 e. The topological polar surface area (TPSA) is 116 Å². The van der Waals surface area contributed by atoms with E-state index in [-0.39, 0.29) is 17.8 Å². The molecule has 0 aromatic carbocycles. The van der Waals surface area contributed by atoms with Crippen LogP contribution < -0.4 is 10.6 Å². The van der Waals surface area contributed by atoms with Gasteiger partial charge >= 0.3 is 18.1 Å². The third kappa shape index (κ3) is 6.05. The Balaban J connectivity index is 2.70. The Hall–Kier alpha value is -2.32. The van der Waals surface area contributed by atoms with Crippen LogP contribution in [0.15, 0.2) is 4.42 Å². The van der Waals surface area contributed by atoms with E-state index in [2.05, 4.69) is 20.8 Å². The summed E-state index contributed by atoms with van der Waals surface area (Å²) in [6.07, 6.45) is -0.586. The van der Waals surface area contributed by atoms with Gasteiger partial charge in [-0.05, 0) is 33.6 Å². The van der Waals surface area contributed by atoms with Crippen LogP contribution in [0, 0.1) is 5.92 Å². The van der Waals surface area contributed by atoms with E-state index in [4.69, 9.17) is 13.9 Å². The fourth-order valence-corrected chi connectivity index (χ4v) is 1.77. The molecule has 0 aliphatic heterocycles. The summed E-state index contributed by atoms with van der Waals surface area (Å²) >= 11 is 0. The molecule has 9 nitrogen and oxygen atoms in total. The molecule has 9 heteroatoms. The number of anilines is 1. The SMILES string of the molecule is COC(=O)[C@@H](Nc1nnc([C@H](C)NC(=O)OC(C)(C)C)o1)C(C)C. The lowest BCUT2D eigenvalue weighted by Gasteiger charge is -2.21. The molecule has 1 amide bonds. The number of nitrogens with one attached hydrogen (secondary N) is 2. The highest BCUT2D eigenvalue weighted by molar-refractivity contribution is 5.78. The van der Waals surface area contributed by atoms with E-state index in [9.17, 15) is 9.59 Å². The summed E-state index contributed by atoms with van der Waals surface area (Å²) in [5, 5.41) is 13.1. The first-order valence-electron chi connectivity index (χ1n) is 7.70. The number of rotatable bonds is 6. The molecule has 0 aliphatic rings. The summed E-state index contributed by atoms with van der Waals surface area (Å²) in [6.45, 7) is 10.7. The van der Waals surface area contributed by atoms with Gasteiger partial charge in [-0.15, -0.1) is 5.10 Å². The van der Waals surface area contributed by atoms with Crippen LogP contribution in [0.5, 0.6) is 0 Å². The molecule has 136 valence electrons. The van der Waals surface area contributed by atoms with Gasteiger partial charge in [0.25, 0.3) is 0 Å². The number of esters is 1. The van der Waals surface area contributed by atoms with Crippen LogP contribution in [-0.4, -0.2) is 41.0 Å². The van der Waals surface area contributed by atoms with E-state index in [1.807, 2.05) is 13.8 Å². The Morgan fingerprint density at radius 3 is 2.29 bits per heavy atom. The molecule has 0 saturated carbocycles. The monoisotopic (exact) mass is 342 g/mol. The molecule has 1 rings (SSSR count). The Kier molecular flexibility index (Phi) is 6.56. The molecule has 1 aromatic heterocycles. The summed E-state index contributed by atoms with van der Waals surface area (Å²) in [7, 11) is 1.31. The molecule has 0 bridgehead atoms. The maximum Gasteiger partial charge on any atom is 0.408 e. The maximum atomic E-state index is 11.7. The molecule has 2 atom stereocenters. The molecular formula is C15H26N4O5. The number of aromatic nitrogens is 2. The van der Waals surface area contributed by atoms with Crippen molar-refractivity contribution in [2.45, 2.75) is 59.2 Å². The average Bonchev–Trinajstić information content (AvgIpc) is 2.90. The van der Waals surface area contributed by atoms with Gasteiger partial charge in [0.05, 0.1) is 7.11 Å². The van der Waals surface area contributed by atoms with E-state index >= 15 is 0 Å². The van der Waals surface area contributed by atoms with Crippen LogP contribution in [0.1, 0.15) is 53.5 Å². The smallest absolute Gasteiger partial charge is 0.408 e. The number of hydrogen-bond acceptors (Lipinski definition) is 8. The van der Waals surface area contributed by atoms with E-state index in [0.717, 1.165) is 0 Å². The van der Waals surface area contributed by atoms with Gasteiger partial charge in [-0.2, -0.15) is 0 Å². The van der Waals surface area contributed by atoms with Gasteiger partial charge in [0.15, 0.2) is 0 Å². The summed E-state index contributed by atoms with van der Waals surface area (Å²) in [4.78, 5) is 23.5. The highest BCUT2D eigenvalue weighted by Crippen LogP contribution is 2.17. The van der Waals surface area contributed by atoms with E-state index in [1.54, 1.807) is 27.7 Å². The maximum absolute atomic E-state index is 11.7. The Labute approximate surface area is 141 Å². The van der Waals surface area contributed by atoms with Crippen LogP contribution in [0.3, 0.4) is 0 Å². The molecule has 2 N–H and O–H groups in total. The van der Waals surface area contributed by atoms with Gasteiger partial charge in [-0.3, -0.25) is 0 Å². The van der Waals surface area contributed by atoms with Crippen molar-refractivity contribution in [3.63, 3.8) is 0 Å². The van der Waals surface area contributed by atoms with Crippen molar-refractivity contribution in [3.8, 4) is 0 Å². The Morgan fingerprint density at radius 2 is 1.79 bits per heavy atom. The van der Waals surface area contributed by atoms with E-state index in [1.165, 1.54) is 7.11 Å². The zero-order valence-electron chi connectivity index (χ0n) is 15.2. The van der Waals surface area contributed by atoms with Crippen LogP contribution in [-0.2, 0) is 14.3 Å². The first-order valence-corrected chi connectivity index (χ1v) is 7.70. The van der Waals surface area contributed by atoms with Crippen molar-refractivity contribution in [1.82, 2.24) is 15.5 Å². The van der Waals surface area contributed by atoms with E-state index < -0.39 is 29.7 Å². The quantitative estimate of drug-likeness (QED) is 0.756. The first kappa shape index (κ1) is 19.7. The molecular weight excluding hydrogens is 316 g/mol. The fraction of sp³-hybridized carbons (Fsp3) is 0.733. The van der Waals surface area contributed by atoms with E-state index in [0.29, 0.717) is 0 Å². The number of nitrogens with zero attached hydrogens (tertiary/aromatic N) is 2. The van der Waals surface area contributed by atoms with Crippen LogP contribution in [0.4, 0.5) is 10.8 Å². The summed E-state index contributed by atoms with van der Waals surface area (Å²) < 4.78 is 15.3. The Morgan fingerprint density at radius 1 is 1.17 bits per heavy atom. The molecule has 0 aliphatic carbocycles. The van der Waals surface area contributed by atoms with Gasteiger partial charge in [-0.25, -0.2) is 9.59 Å². The molecule has 0 radical (unpaired) electrons. The molecule has 1 heterocycles. The highest BCUT2D eigenvalue weighted by Gasteiger charge is 2.26. The number of alkyl carbamates (subject to hydrolysis) is 1. The lowest BCUT2D eigenvalue weighted by molar-refractivity contribution is -0.142. The number of methoxy groups -OCH3 is 1. The molecule has 24 heavy (non-hydrogen) atoms. The zero-order valence-corrected chi connectivity index (χ0v) is 15.2. The normalized spacial score (nSPS) is 14.0. The van der Waals surface area contributed by atoms with Crippen molar-refractivity contribution in [1.29, 1.82) is 0 Å². The number of carbonyl (C=O) groups is 2. The average molecular weight is 342 g/mol. The first-order chi connectivity index (χ1) is 11.0. The Bertz CT molecular complexity index is 564. The highest BCUT2D eigenvalue weighted by atomic mass is 16.6. The minimum Gasteiger partial charge on any atom is -0.467 e. The number of amides is 1. The van der Waals surface area contributed by atoms with Gasteiger partial charge < -0.3 is 24.5 Å². The molecule has 0 unspecified atom stereocenters. The van der Waals surface area contributed by atoms with Gasteiger partial charge in [-0.1, -0.05) is 18.9 Å². The summed E-state index contributed by atoms with van der Waals surface area (Å²) in [5.74, 6) is -0.273. The lowest BCUT2D eigenvalue weighted by atomic mass is 10.1. The number of carbonyl (C=O) groups excluding carboxylic acids is 2. The van der Waals surface area contributed by atoms with Crippen molar-refractivity contribution >= 4 is 18.1 Å². The van der Waals surface area contributed by atoms with Crippen molar-refractivity contribution < 1.29 is 23.5 Å². The lowest BCUT2D eigenvalue weighted by Crippen LogP contribution is -2.35. The van der Waals surface area contributed by atoms with Gasteiger partial charge in [0.2, 0.25) is 5.89 Å². The van der Waals surface area contributed by atoms with Gasteiger partial charge in [0, 0.05) is 0 Å². The van der Waals surface area contributed by atoms with Crippen LogP contribution in [0.25, 0.3) is 0 Å². The third-order valence-corrected chi connectivity index (χ3v) is 2.95. The fourth-order valence-electron chi connectivity index (χ4n) is 1.77. The standard InChI is InChI=1S/C15H26N4O5/c1-8(2)10(12(20)22-7)17-13-19-18-11(23-13)9(3)16-14(21)24-15(4,5)6/h8-10H,1-7H3,(H,16,21)(H,17,19)/t9-,10-/m0/s1. The predicted molar refractivity (Wildman–Crippen MR) is 86.3 cm³/mol. The van der Waals surface area contributed by atoms with Gasteiger partial charge in [0.1, 0.15) is 17.7 Å². The van der Waals surface area contributed by atoms with Crippen molar-refractivity contribution in [2.75, 3.05) is 12.4 Å². The number of ether oxygens (including phenoxy) is 2.